The van der Waals surface area contributed by atoms with E-state index in [0.29, 0.717) is 17.9 Å². The standard InChI is InChI=1S/C17H17N3O2/c1-2-22-15-9-7-14(8-10-15)19-12-17(21)20-16-6-4-3-5-13(16)11-18/h3-10,19H,2,12H2,1H3,(H,20,21). The molecule has 2 aromatic carbocycles. The minimum atomic E-state index is -0.211. The molecule has 5 nitrogen and oxygen atoms in total. The van der Waals surface area contributed by atoms with E-state index < -0.39 is 0 Å². The van der Waals surface area contributed by atoms with Crippen LogP contribution in [0.25, 0.3) is 0 Å². The maximum absolute atomic E-state index is 11.9. The van der Waals surface area contributed by atoms with Gasteiger partial charge in [-0.1, -0.05) is 12.1 Å². The summed E-state index contributed by atoms with van der Waals surface area (Å²) in [5.74, 6) is 0.581. The lowest BCUT2D eigenvalue weighted by Gasteiger charge is -2.09. The van der Waals surface area contributed by atoms with Crippen molar-refractivity contribution in [2.75, 3.05) is 23.8 Å². The molecule has 22 heavy (non-hydrogen) atoms. The Labute approximate surface area is 129 Å². The lowest BCUT2D eigenvalue weighted by Crippen LogP contribution is -2.22. The summed E-state index contributed by atoms with van der Waals surface area (Å²) in [6, 6.07) is 16.3. The minimum absolute atomic E-state index is 0.119. The van der Waals surface area contributed by atoms with E-state index in [0.717, 1.165) is 11.4 Å². The molecule has 0 atom stereocenters. The van der Waals surface area contributed by atoms with E-state index in [2.05, 4.69) is 10.6 Å². The molecule has 112 valence electrons. The van der Waals surface area contributed by atoms with Crippen LogP contribution in [-0.2, 0) is 4.79 Å². The first-order valence-corrected chi connectivity index (χ1v) is 6.98. The van der Waals surface area contributed by atoms with Crippen molar-refractivity contribution in [2.45, 2.75) is 6.92 Å². The predicted octanol–water partition coefficient (Wildman–Crippen LogP) is 3.01. The monoisotopic (exact) mass is 295 g/mol. The molecule has 0 heterocycles. The number of nitrogens with zero attached hydrogens (tertiary/aromatic N) is 1. The second kappa shape index (κ2) is 7.70. The van der Waals surface area contributed by atoms with Crippen molar-refractivity contribution in [1.29, 1.82) is 5.26 Å². The zero-order valence-electron chi connectivity index (χ0n) is 12.3. The van der Waals surface area contributed by atoms with Crippen molar-refractivity contribution >= 4 is 17.3 Å². The third kappa shape index (κ3) is 4.25. The molecule has 0 saturated carbocycles. The molecule has 0 aliphatic carbocycles. The summed E-state index contributed by atoms with van der Waals surface area (Å²) in [5, 5.41) is 14.7. The minimum Gasteiger partial charge on any atom is -0.494 e. The van der Waals surface area contributed by atoms with Gasteiger partial charge in [0.25, 0.3) is 0 Å². The van der Waals surface area contributed by atoms with Gasteiger partial charge in [0, 0.05) is 5.69 Å². The van der Waals surface area contributed by atoms with E-state index in [1.165, 1.54) is 0 Å². The Balaban J connectivity index is 1.89. The third-order valence-electron chi connectivity index (χ3n) is 2.94. The number of anilines is 2. The second-order valence-electron chi connectivity index (χ2n) is 4.52. The first-order chi connectivity index (χ1) is 10.7. The summed E-state index contributed by atoms with van der Waals surface area (Å²) in [6.07, 6.45) is 0. The number of hydrogen-bond acceptors (Lipinski definition) is 4. The lowest BCUT2D eigenvalue weighted by molar-refractivity contribution is -0.114. The molecule has 0 saturated heterocycles. The van der Waals surface area contributed by atoms with Crippen molar-refractivity contribution in [1.82, 2.24) is 0 Å². The number of nitrogens with one attached hydrogen (secondary N) is 2. The fraction of sp³-hybridized carbons (Fsp3) is 0.176. The van der Waals surface area contributed by atoms with Crippen LogP contribution in [-0.4, -0.2) is 19.1 Å². The van der Waals surface area contributed by atoms with Crippen LogP contribution in [0.4, 0.5) is 11.4 Å². The van der Waals surface area contributed by atoms with Gasteiger partial charge in [0.2, 0.25) is 5.91 Å². The Bertz CT molecular complexity index is 675. The van der Waals surface area contributed by atoms with Gasteiger partial charge < -0.3 is 15.4 Å². The van der Waals surface area contributed by atoms with Crippen molar-refractivity contribution in [3.63, 3.8) is 0 Å². The number of nitriles is 1. The quantitative estimate of drug-likeness (QED) is 0.859. The normalized spacial score (nSPS) is 9.64. The van der Waals surface area contributed by atoms with Gasteiger partial charge in [0.1, 0.15) is 11.8 Å². The molecule has 0 bridgehead atoms. The molecule has 0 spiro atoms. The average molecular weight is 295 g/mol. The Hall–Kier alpha value is -3.00. The predicted molar refractivity (Wildman–Crippen MR) is 85.9 cm³/mol. The van der Waals surface area contributed by atoms with E-state index >= 15 is 0 Å². The summed E-state index contributed by atoms with van der Waals surface area (Å²) >= 11 is 0. The van der Waals surface area contributed by atoms with Crippen LogP contribution in [0.2, 0.25) is 0 Å². The molecule has 1 amide bonds. The average Bonchev–Trinajstić information content (AvgIpc) is 2.55. The van der Waals surface area contributed by atoms with Crippen molar-refractivity contribution in [3.8, 4) is 11.8 Å². The Kier molecular flexibility index (Phi) is 5.38. The topological polar surface area (TPSA) is 74.2 Å². The highest BCUT2D eigenvalue weighted by molar-refractivity contribution is 5.94. The molecule has 0 fully saturated rings. The number of para-hydroxylation sites is 1. The SMILES string of the molecule is CCOc1ccc(NCC(=O)Nc2ccccc2C#N)cc1. The van der Waals surface area contributed by atoms with Gasteiger partial charge in [-0.05, 0) is 43.3 Å². The summed E-state index contributed by atoms with van der Waals surface area (Å²) in [5.41, 5.74) is 1.78. The van der Waals surface area contributed by atoms with Crippen LogP contribution in [0.15, 0.2) is 48.5 Å². The van der Waals surface area contributed by atoms with Crippen LogP contribution in [0, 0.1) is 11.3 Å². The Morgan fingerprint density at radius 3 is 2.59 bits per heavy atom. The summed E-state index contributed by atoms with van der Waals surface area (Å²) < 4.78 is 5.35. The van der Waals surface area contributed by atoms with Gasteiger partial charge in [-0.2, -0.15) is 5.26 Å². The van der Waals surface area contributed by atoms with E-state index in [-0.39, 0.29) is 12.5 Å². The van der Waals surface area contributed by atoms with Gasteiger partial charge in [-0.3, -0.25) is 4.79 Å². The molecular weight excluding hydrogens is 278 g/mol. The maximum atomic E-state index is 11.9. The Morgan fingerprint density at radius 2 is 1.91 bits per heavy atom. The summed E-state index contributed by atoms with van der Waals surface area (Å²) in [7, 11) is 0. The molecule has 5 heteroatoms. The van der Waals surface area contributed by atoms with Gasteiger partial charge in [0.15, 0.2) is 0 Å². The number of rotatable bonds is 6. The first kappa shape index (κ1) is 15.4. The van der Waals surface area contributed by atoms with Crippen molar-refractivity contribution in [3.05, 3.63) is 54.1 Å². The number of ether oxygens (including phenoxy) is 1. The molecule has 2 N–H and O–H groups in total. The zero-order valence-corrected chi connectivity index (χ0v) is 12.3. The molecule has 2 aromatic rings. The maximum Gasteiger partial charge on any atom is 0.243 e. The van der Waals surface area contributed by atoms with E-state index in [9.17, 15) is 4.79 Å². The fourth-order valence-electron chi connectivity index (χ4n) is 1.90. The number of carbonyl (C=O) groups excluding carboxylic acids is 1. The molecule has 0 aliphatic rings. The van der Waals surface area contributed by atoms with Crippen LogP contribution < -0.4 is 15.4 Å². The highest BCUT2D eigenvalue weighted by Gasteiger charge is 2.06. The van der Waals surface area contributed by atoms with Crippen molar-refractivity contribution in [2.24, 2.45) is 0 Å². The van der Waals surface area contributed by atoms with Crippen LogP contribution in [0.5, 0.6) is 5.75 Å². The largest absolute Gasteiger partial charge is 0.494 e. The molecular formula is C17H17N3O2. The smallest absolute Gasteiger partial charge is 0.243 e. The highest BCUT2D eigenvalue weighted by Crippen LogP contribution is 2.16. The third-order valence-corrected chi connectivity index (χ3v) is 2.94. The van der Waals surface area contributed by atoms with E-state index in [1.54, 1.807) is 24.3 Å². The number of carbonyl (C=O) groups is 1. The van der Waals surface area contributed by atoms with Gasteiger partial charge in [0.05, 0.1) is 24.4 Å². The number of benzene rings is 2. The molecule has 0 aromatic heterocycles. The first-order valence-electron chi connectivity index (χ1n) is 6.98. The van der Waals surface area contributed by atoms with E-state index in [4.69, 9.17) is 10.00 Å². The zero-order chi connectivity index (χ0) is 15.8. The van der Waals surface area contributed by atoms with Gasteiger partial charge >= 0.3 is 0 Å². The molecule has 0 unspecified atom stereocenters. The fourth-order valence-corrected chi connectivity index (χ4v) is 1.90. The van der Waals surface area contributed by atoms with E-state index in [1.807, 2.05) is 37.3 Å². The number of amides is 1. The van der Waals surface area contributed by atoms with Crippen LogP contribution in [0.1, 0.15) is 12.5 Å². The number of hydrogen-bond donors (Lipinski definition) is 2. The highest BCUT2D eigenvalue weighted by atomic mass is 16.5. The second-order valence-corrected chi connectivity index (χ2v) is 4.52. The molecule has 0 radical (unpaired) electrons. The summed E-state index contributed by atoms with van der Waals surface area (Å²) in [4.78, 5) is 11.9. The summed E-state index contributed by atoms with van der Waals surface area (Å²) in [6.45, 7) is 2.66. The van der Waals surface area contributed by atoms with Crippen molar-refractivity contribution < 1.29 is 9.53 Å². The van der Waals surface area contributed by atoms with Gasteiger partial charge in [-0.15, -0.1) is 0 Å². The molecule has 2 rings (SSSR count). The molecule has 0 aliphatic heterocycles. The lowest BCUT2D eigenvalue weighted by atomic mass is 10.2. The van der Waals surface area contributed by atoms with Crippen LogP contribution in [0.3, 0.4) is 0 Å². The van der Waals surface area contributed by atoms with Gasteiger partial charge in [-0.25, -0.2) is 0 Å². The van der Waals surface area contributed by atoms with Crippen LogP contribution >= 0.6 is 0 Å². The Morgan fingerprint density at radius 1 is 1.18 bits per heavy atom.